The van der Waals surface area contributed by atoms with Crippen LogP contribution in [0.25, 0.3) is 0 Å². The van der Waals surface area contributed by atoms with Crippen molar-refractivity contribution < 1.29 is 14.7 Å². The first kappa shape index (κ1) is 20.4. The Labute approximate surface area is 99.4 Å². The fourth-order valence-electron chi connectivity index (χ4n) is 0.775. The molecule has 0 atom stereocenters. The number of nitrogens with one attached hydrogen (secondary N) is 1. The highest BCUT2D eigenvalue weighted by Crippen LogP contribution is 2.01. The van der Waals surface area contributed by atoms with Gasteiger partial charge in [0.25, 0.3) is 5.97 Å². The predicted molar refractivity (Wildman–Crippen MR) is 67.4 cm³/mol. The van der Waals surface area contributed by atoms with Gasteiger partial charge in [0.05, 0.1) is 0 Å². The molecule has 0 bridgehead atoms. The van der Waals surface area contributed by atoms with Gasteiger partial charge in [0, 0.05) is 20.4 Å². The molecule has 1 amide bonds. The maximum Gasteiger partial charge on any atom is 0.300 e. The number of amides is 1. The second-order valence-electron chi connectivity index (χ2n) is 3.54. The zero-order valence-electron chi connectivity index (χ0n) is 11.5. The van der Waals surface area contributed by atoms with Crippen LogP contribution < -0.4 is 5.32 Å². The van der Waals surface area contributed by atoms with Crippen LogP contribution in [0, 0.1) is 5.92 Å². The second-order valence-corrected chi connectivity index (χ2v) is 3.54. The first-order valence-corrected chi connectivity index (χ1v) is 5.80. The lowest BCUT2D eigenvalue weighted by atomic mass is 10.1. The molecule has 98 valence electrons. The summed E-state index contributed by atoms with van der Waals surface area (Å²) in [6.45, 7) is 11.8. The fraction of sp³-hybridized carbons (Fsp3) is 0.833. The highest BCUT2D eigenvalue weighted by Gasteiger charge is 1.93. The third kappa shape index (κ3) is 52.3. The number of hydrogen-bond acceptors (Lipinski definition) is 2. The van der Waals surface area contributed by atoms with Gasteiger partial charge in [-0.25, -0.2) is 0 Å². The van der Waals surface area contributed by atoms with Crippen LogP contribution in [0.2, 0.25) is 0 Å². The van der Waals surface area contributed by atoms with Crippen molar-refractivity contribution in [2.24, 2.45) is 5.92 Å². The molecule has 0 fully saturated rings. The van der Waals surface area contributed by atoms with Crippen LogP contribution in [0.5, 0.6) is 0 Å². The molecular weight excluding hydrogens is 206 g/mol. The molecule has 0 aliphatic heterocycles. The van der Waals surface area contributed by atoms with Crippen molar-refractivity contribution in [3.05, 3.63) is 0 Å². The summed E-state index contributed by atoms with van der Waals surface area (Å²) in [5, 5.41) is 10.2. The van der Waals surface area contributed by atoms with Crippen molar-refractivity contribution in [2.75, 3.05) is 6.54 Å². The number of carboxylic acids is 1. The summed E-state index contributed by atoms with van der Waals surface area (Å²) in [5.74, 6) is -0.0162. The van der Waals surface area contributed by atoms with E-state index in [0.717, 1.165) is 25.8 Å². The molecule has 0 heterocycles. The molecule has 0 aromatic heterocycles. The molecule has 0 saturated carbocycles. The Morgan fingerprint density at radius 3 is 1.81 bits per heavy atom. The lowest BCUT2D eigenvalue weighted by Crippen LogP contribution is -2.21. The van der Waals surface area contributed by atoms with E-state index < -0.39 is 5.97 Å². The molecule has 16 heavy (non-hydrogen) atoms. The Hall–Kier alpha value is -1.06. The van der Waals surface area contributed by atoms with E-state index in [2.05, 4.69) is 19.2 Å². The van der Waals surface area contributed by atoms with Crippen LogP contribution in [-0.4, -0.2) is 23.5 Å². The summed E-state index contributed by atoms with van der Waals surface area (Å²) in [6.07, 6.45) is 2.29. The lowest BCUT2D eigenvalue weighted by molar-refractivity contribution is -0.134. The average molecular weight is 233 g/mol. The number of carbonyl (C=O) groups is 2. The van der Waals surface area contributed by atoms with Crippen LogP contribution in [0.15, 0.2) is 0 Å². The quantitative estimate of drug-likeness (QED) is 0.734. The Morgan fingerprint density at radius 2 is 1.56 bits per heavy atom. The minimum atomic E-state index is -0.833. The molecule has 4 heteroatoms. The maximum absolute atomic E-state index is 10.4. The number of carbonyl (C=O) groups excluding carboxylic acids is 1. The molecule has 4 nitrogen and oxygen atoms in total. The minimum Gasteiger partial charge on any atom is -0.481 e. The summed E-state index contributed by atoms with van der Waals surface area (Å²) < 4.78 is 0. The van der Waals surface area contributed by atoms with E-state index in [-0.39, 0.29) is 5.91 Å². The molecule has 2 N–H and O–H groups in total. The van der Waals surface area contributed by atoms with E-state index in [1.165, 1.54) is 6.42 Å². The van der Waals surface area contributed by atoms with Gasteiger partial charge in [0.2, 0.25) is 5.91 Å². The van der Waals surface area contributed by atoms with Crippen LogP contribution in [0.3, 0.4) is 0 Å². The fourth-order valence-corrected chi connectivity index (χ4v) is 0.775. The van der Waals surface area contributed by atoms with Gasteiger partial charge in [-0.2, -0.15) is 0 Å². The zero-order valence-corrected chi connectivity index (χ0v) is 11.5. The van der Waals surface area contributed by atoms with Gasteiger partial charge < -0.3 is 10.4 Å². The Morgan fingerprint density at radius 1 is 1.19 bits per heavy atom. The molecule has 0 aliphatic rings. The predicted octanol–water partition coefficient (Wildman–Crippen LogP) is 2.68. The van der Waals surface area contributed by atoms with E-state index >= 15 is 0 Å². The first-order valence-electron chi connectivity index (χ1n) is 5.80. The molecule has 0 spiro atoms. The number of carboxylic acid groups (broad SMARTS) is 1. The van der Waals surface area contributed by atoms with Crippen molar-refractivity contribution in [2.45, 2.75) is 54.4 Å². The average Bonchev–Trinajstić information content (AvgIpc) is 2.14. The summed E-state index contributed by atoms with van der Waals surface area (Å²) >= 11 is 0. The largest absolute Gasteiger partial charge is 0.481 e. The van der Waals surface area contributed by atoms with Gasteiger partial charge in [0.1, 0.15) is 0 Å². The molecule has 0 aliphatic carbocycles. The van der Waals surface area contributed by atoms with Crippen LogP contribution >= 0.6 is 0 Å². The molecule has 0 radical (unpaired) electrons. The topological polar surface area (TPSA) is 66.4 Å². The van der Waals surface area contributed by atoms with Gasteiger partial charge >= 0.3 is 0 Å². The molecule has 0 unspecified atom stereocenters. The maximum atomic E-state index is 10.4. The normalized spacial score (nSPS) is 8.19. The summed E-state index contributed by atoms with van der Waals surface area (Å²) in [4.78, 5) is 19.4. The van der Waals surface area contributed by atoms with Crippen molar-refractivity contribution in [1.82, 2.24) is 5.32 Å². The molecular formula is C12H27NO3. The van der Waals surface area contributed by atoms with E-state index in [1.807, 2.05) is 13.8 Å². The summed E-state index contributed by atoms with van der Waals surface area (Å²) in [5.41, 5.74) is 0. The molecule has 0 aromatic carbocycles. The van der Waals surface area contributed by atoms with Crippen molar-refractivity contribution in [1.29, 1.82) is 0 Å². The van der Waals surface area contributed by atoms with E-state index in [9.17, 15) is 4.79 Å². The van der Waals surface area contributed by atoms with Crippen LogP contribution in [0.4, 0.5) is 0 Å². The Kier molecular flexibility index (Phi) is 20.8. The van der Waals surface area contributed by atoms with Gasteiger partial charge in [0.15, 0.2) is 0 Å². The van der Waals surface area contributed by atoms with Gasteiger partial charge in [-0.05, 0) is 18.8 Å². The number of rotatable bonds is 4. The van der Waals surface area contributed by atoms with Crippen molar-refractivity contribution in [3.8, 4) is 0 Å². The monoisotopic (exact) mass is 233 g/mol. The van der Waals surface area contributed by atoms with Crippen molar-refractivity contribution >= 4 is 11.9 Å². The van der Waals surface area contributed by atoms with Gasteiger partial charge in [-0.3, -0.25) is 9.59 Å². The lowest BCUT2D eigenvalue weighted by Gasteiger charge is -2.03. The third-order valence-electron chi connectivity index (χ3n) is 1.33. The number of hydrogen-bond donors (Lipinski definition) is 2. The molecule has 0 saturated heterocycles. The van der Waals surface area contributed by atoms with E-state index in [0.29, 0.717) is 0 Å². The number of aliphatic carboxylic acids is 1. The Bertz CT molecular complexity index is 164. The van der Waals surface area contributed by atoms with Crippen molar-refractivity contribution in [3.63, 3.8) is 0 Å². The first-order chi connectivity index (χ1) is 7.36. The third-order valence-corrected chi connectivity index (χ3v) is 1.33. The van der Waals surface area contributed by atoms with Crippen LogP contribution in [0.1, 0.15) is 54.4 Å². The summed E-state index contributed by atoms with van der Waals surface area (Å²) in [6, 6.07) is 0. The smallest absolute Gasteiger partial charge is 0.300 e. The highest BCUT2D eigenvalue weighted by atomic mass is 16.4. The minimum absolute atomic E-state index is 0.0729. The van der Waals surface area contributed by atoms with E-state index in [1.54, 1.807) is 6.92 Å². The molecule has 0 rings (SSSR count). The van der Waals surface area contributed by atoms with E-state index in [4.69, 9.17) is 9.90 Å². The zero-order chi connectivity index (χ0) is 13.6. The second kappa shape index (κ2) is 16.4. The SMILES string of the molecule is CC.CC(=O)NCCCC(C)C.CC(=O)O. The standard InChI is InChI=1S/C8H17NO.C2H4O2.C2H6/c1-7(2)5-4-6-9-8(3)10;1-2(3)4;1-2/h7H,4-6H2,1-3H3,(H,9,10);1H3,(H,3,4);1-2H3. The van der Waals surface area contributed by atoms with Crippen LogP contribution in [-0.2, 0) is 9.59 Å². The van der Waals surface area contributed by atoms with Gasteiger partial charge in [-0.1, -0.05) is 27.7 Å². The van der Waals surface area contributed by atoms with Gasteiger partial charge in [-0.15, -0.1) is 0 Å². The molecule has 0 aromatic rings. The summed E-state index contributed by atoms with van der Waals surface area (Å²) in [7, 11) is 0. The Balaban J connectivity index is -0.000000237. The highest BCUT2D eigenvalue weighted by molar-refractivity contribution is 5.72.